The minimum atomic E-state index is 0.215. The number of aliphatic hydroxyl groups is 1. The smallest absolute Gasteiger partial charge is 0.0581 e. The van der Waals surface area contributed by atoms with E-state index in [-0.39, 0.29) is 12.6 Å². The van der Waals surface area contributed by atoms with Crippen LogP contribution in [-0.4, -0.2) is 30.1 Å². The van der Waals surface area contributed by atoms with Crippen molar-refractivity contribution < 1.29 is 5.11 Å². The third-order valence-corrected chi connectivity index (χ3v) is 1.42. The molecular formula is C6H15NOS. The second-order valence-corrected chi connectivity index (χ2v) is 2.56. The van der Waals surface area contributed by atoms with Gasteiger partial charge in [0.15, 0.2) is 0 Å². The Balaban J connectivity index is 2.88. The van der Waals surface area contributed by atoms with E-state index in [0.717, 1.165) is 18.7 Å². The van der Waals surface area contributed by atoms with Crippen molar-refractivity contribution in [2.75, 3.05) is 18.9 Å². The summed E-state index contributed by atoms with van der Waals surface area (Å²) in [7, 11) is 0. The van der Waals surface area contributed by atoms with E-state index in [1.54, 1.807) is 0 Å². The van der Waals surface area contributed by atoms with Crippen LogP contribution in [0.3, 0.4) is 0 Å². The molecule has 0 unspecified atom stereocenters. The molecule has 0 radical (unpaired) electrons. The monoisotopic (exact) mass is 149 g/mol. The molecule has 1 atom stereocenters. The highest BCUT2D eigenvalue weighted by Gasteiger charge is 1.94. The van der Waals surface area contributed by atoms with Crippen LogP contribution >= 0.6 is 12.6 Å². The van der Waals surface area contributed by atoms with Gasteiger partial charge in [-0.3, -0.25) is 0 Å². The number of rotatable bonds is 5. The molecule has 0 aromatic rings. The number of nitrogens with one attached hydrogen (secondary N) is 1. The van der Waals surface area contributed by atoms with E-state index in [0.29, 0.717) is 0 Å². The van der Waals surface area contributed by atoms with E-state index in [9.17, 15) is 0 Å². The summed E-state index contributed by atoms with van der Waals surface area (Å²) in [5.74, 6) is 0.908. The van der Waals surface area contributed by atoms with Gasteiger partial charge in [0.1, 0.15) is 0 Å². The Bertz CT molecular complexity index is 61.0. The Kier molecular flexibility index (Phi) is 6.58. The summed E-state index contributed by atoms with van der Waals surface area (Å²) >= 11 is 4.05. The molecule has 0 aromatic heterocycles. The Morgan fingerprint density at radius 1 is 1.67 bits per heavy atom. The first kappa shape index (κ1) is 9.27. The van der Waals surface area contributed by atoms with Crippen molar-refractivity contribution in [3.63, 3.8) is 0 Å². The van der Waals surface area contributed by atoms with E-state index < -0.39 is 0 Å². The van der Waals surface area contributed by atoms with Gasteiger partial charge in [0.25, 0.3) is 0 Å². The van der Waals surface area contributed by atoms with Gasteiger partial charge in [-0.15, -0.1) is 0 Å². The predicted octanol–water partition coefficient (Wildman–Crippen LogP) is 0.277. The minimum Gasteiger partial charge on any atom is -0.395 e. The van der Waals surface area contributed by atoms with Crippen molar-refractivity contribution in [1.29, 1.82) is 0 Å². The molecule has 9 heavy (non-hydrogen) atoms. The van der Waals surface area contributed by atoms with Crippen molar-refractivity contribution in [3.05, 3.63) is 0 Å². The molecule has 2 nitrogen and oxygen atoms in total. The molecule has 0 saturated carbocycles. The lowest BCUT2D eigenvalue weighted by Gasteiger charge is -2.08. The van der Waals surface area contributed by atoms with Crippen molar-refractivity contribution in [2.45, 2.75) is 19.4 Å². The van der Waals surface area contributed by atoms with Gasteiger partial charge in [0.05, 0.1) is 6.61 Å². The highest BCUT2D eigenvalue weighted by Crippen LogP contribution is 1.82. The average Bonchev–Trinajstić information content (AvgIpc) is 1.89. The van der Waals surface area contributed by atoms with Crippen LogP contribution in [0.15, 0.2) is 0 Å². The lowest BCUT2D eigenvalue weighted by molar-refractivity contribution is 0.252. The van der Waals surface area contributed by atoms with E-state index in [1.807, 2.05) is 6.92 Å². The lowest BCUT2D eigenvalue weighted by atomic mass is 10.3. The molecule has 0 rings (SSSR count). The molecule has 0 heterocycles. The largest absolute Gasteiger partial charge is 0.395 e. The summed E-state index contributed by atoms with van der Waals surface area (Å²) in [6, 6.07) is 0.227. The summed E-state index contributed by atoms with van der Waals surface area (Å²) in [6.07, 6.45) is 1.06. The lowest BCUT2D eigenvalue weighted by Crippen LogP contribution is -2.30. The van der Waals surface area contributed by atoms with Gasteiger partial charge >= 0.3 is 0 Å². The highest BCUT2D eigenvalue weighted by atomic mass is 32.1. The fraction of sp³-hybridized carbons (Fsp3) is 1.00. The molecule has 0 aliphatic heterocycles. The molecule has 0 aliphatic carbocycles. The van der Waals surface area contributed by atoms with E-state index in [1.165, 1.54) is 0 Å². The number of thiol groups is 1. The number of hydrogen-bond donors (Lipinski definition) is 3. The van der Waals surface area contributed by atoms with E-state index in [4.69, 9.17) is 5.11 Å². The third kappa shape index (κ3) is 6.15. The standard InChI is InChI=1S/C6H15NOS/c1-6(5-8)7-3-2-4-9/h6-9H,2-5H2,1H3/t6-/m1/s1. The Morgan fingerprint density at radius 2 is 2.33 bits per heavy atom. The summed E-state index contributed by atoms with van der Waals surface area (Å²) in [6.45, 7) is 3.12. The quantitative estimate of drug-likeness (QED) is 0.387. The van der Waals surface area contributed by atoms with Crippen LogP contribution in [0.4, 0.5) is 0 Å². The Labute approximate surface area is 62.1 Å². The molecule has 2 N–H and O–H groups in total. The first-order valence-electron chi connectivity index (χ1n) is 3.26. The Morgan fingerprint density at radius 3 is 2.78 bits per heavy atom. The molecule has 0 saturated heterocycles. The van der Waals surface area contributed by atoms with Gasteiger partial charge in [-0.25, -0.2) is 0 Å². The van der Waals surface area contributed by atoms with Gasteiger partial charge in [0, 0.05) is 6.04 Å². The Hall–Kier alpha value is 0.270. The van der Waals surface area contributed by atoms with Gasteiger partial charge in [0.2, 0.25) is 0 Å². The van der Waals surface area contributed by atoms with Crippen LogP contribution in [0.5, 0.6) is 0 Å². The summed E-state index contributed by atoms with van der Waals surface area (Å²) in [5.41, 5.74) is 0. The predicted molar refractivity (Wildman–Crippen MR) is 43.0 cm³/mol. The van der Waals surface area contributed by atoms with Crippen molar-refractivity contribution in [3.8, 4) is 0 Å². The average molecular weight is 149 g/mol. The SMILES string of the molecule is C[C@H](CO)NCCCS. The van der Waals surface area contributed by atoms with Gasteiger partial charge in [-0.1, -0.05) is 0 Å². The molecule has 0 amide bonds. The maximum absolute atomic E-state index is 8.55. The zero-order chi connectivity index (χ0) is 7.11. The molecule has 56 valence electrons. The minimum absolute atomic E-state index is 0.215. The topological polar surface area (TPSA) is 32.3 Å². The van der Waals surface area contributed by atoms with Crippen LogP contribution in [0.25, 0.3) is 0 Å². The van der Waals surface area contributed by atoms with E-state index in [2.05, 4.69) is 17.9 Å². The first-order valence-corrected chi connectivity index (χ1v) is 3.89. The van der Waals surface area contributed by atoms with Crippen LogP contribution in [0.2, 0.25) is 0 Å². The second-order valence-electron chi connectivity index (χ2n) is 2.11. The van der Waals surface area contributed by atoms with Crippen LogP contribution < -0.4 is 5.32 Å². The van der Waals surface area contributed by atoms with E-state index >= 15 is 0 Å². The summed E-state index contributed by atoms with van der Waals surface area (Å²) in [4.78, 5) is 0. The fourth-order valence-corrected chi connectivity index (χ4v) is 0.650. The van der Waals surface area contributed by atoms with Crippen LogP contribution in [0.1, 0.15) is 13.3 Å². The summed E-state index contributed by atoms with van der Waals surface area (Å²) < 4.78 is 0. The molecular weight excluding hydrogens is 134 g/mol. The summed E-state index contributed by atoms with van der Waals surface area (Å²) in [5, 5.41) is 11.7. The maximum Gasteiger partial charge on any atom is 0.0581 e. The van der Waals surface area contributed by atoms with Crippen molar-refractivity contribution >= 4 is 12.6 Å². The van der Waals surface area contributed by atoms with Gasteiger partial charge < -0.3 is 10.4 Å². The number of aliphatic hydroxyl groups excluding tert-OH is 1. The molecule has 0 aliphatic rings. The van der Waals surface area contributed by atoms with Gasteiger partial charge in [-0.2, -0.15) is 12.6 Å². The van der Waals surface area contributed by atoms with Crippen molar-refractivity contribution in [1.82, 2.24) is 5.32 Å². The highest BCUT2D eigenvalue weighted by molar-refractivity contribution is 7.80. The molecule has 0 spiro atoms. The molecule has 0 bridgehead atoms. The van der Waals surface area contributed by atoms with Crippen LogP contribution in [-0.2, 0) is 0 Å². The van der Waals surface area contributed by atoms with Crippen molar-refractivity contribution in [2.24, 2.45) is 0 Å². The number of hydrogen-bond acceptors (Lipinski definition) is 3. The first-order chi connectivity index (χ1) is 4.31. The second kappa shape index (κ2) is 6.39. The fourth-order valence-electron chi connectivity index (χ4n) is 0.492. The van der Waals surface area contributed by atoms with Gasteiger partial charge in [-0.05, 0) is 25.6 Å². The zero-order valence-corrected chi connectivity index (χ0v) is 6.69. The normalized spacial score (nSPS) is 13.7. The van der Waals surface area contributed by atoms with Crippen LogP contribution in [0, 0.1) is 0 Å². The molecule has 0 aromatic carbocycles. The third-order valence-electron chi connectivity index (χ3n) is 1.10. The molecule has 3 heteroatoms. The maximum atomic E-state index is 8.55. The molecule has 0 fully saturated rings. The zero-order valence-electron chi connectivity index (χ0n) is 5.80.